The van der Waals surface area contributed by atoms with Crippen LogP contribution in [0.15, 0.2) is 88.6 Å². The van der Waals surface area contributed by atoms with Crippen LogP contribution < -0.4 is 9.99 Å². The molecule has 0 N–H and O–H groups in total. The molecule has 148 valence electrons. The van der Waals surface area contributed by atoms with Gasteiger partial charge >= 0.3 is 5.69 Å². The van der Waals surface area contributed by atoms with Crippen molar-refractivity contribution in [2.75, 3.05) is 4.31 Å². The summed E-state index contributed by atoms with van der Waals surface area (Å²) in [5, 5.41) is 0. The molecule has 6 nitrogen and oxygen atoms in total. The Morgan fingerprint density at radius 3 is 2.03 bits per heavy atom. The number of aryl methyl sites for hydroxylation is 2. The fourth-order valence-corrected chi connectivity index (χ4v) is 4.91. The molecule has 29 heavy (non-hydrogen) atoms. The van der Waals surface area contributed by atoms with E-state index >= 15 is 0 Å². The van der Waals surface area contributed by atoms with Gasteiger partial charge in [0.25, 0.3) is 10.0 Å². The average Bonchev–Trinajstić information content (AvgIpc) is 2.97. The van der Waals surface area contributed by atoms with E-state index in [4.69, 9.17) is 0 Å². The molecule has 0 spiro atoms. The van der Waals surface area contributed by atoms with Crippen LogP contribution in [0, 0.1) is 0 Å². The molecule has 3 aromatic carbocycles. The van der Waals surface area contributed by atoms with Gasteiger partial charge in [0.1, 0.15) is 0 Å². The number of anilines is 1. The number of fused-ring (bicyclic) bond motifs is 1. The van der Waals surface area contributed by atoms with E-state index in [2.05, 4.69) is 0 Å². The topological polar surface area (TPSA) is 64.3 Å². The molecule has 4 aromatic rings. The van der Waals surface area contributed by atoms with Crippen LogP contribution >= 0.6 is 0 Å². The summed E-state index contributed by atoms with van der Waals surface area (Å²) in [7, 11) is -0.545. The highest BCUT2D eigenvalue weighted by molar-refractivity contribution is 7.92. The van der Waals surface area contributed by atoms with Crippen LogP contribution in [0.5, 0.6) is 0 Å². The molecular formula is C22H21N3O3S. The van der Waals surface area contributed by atoms with Crippen molar-refractivity contribution in [1.29, 1.82) is 0 Å². The second-order valence-corrected chi connectivity index (χ2v) is 8.75. The van der Waals surface area contributed by atoms with Gasteiger partial charge < -0.3 is 0 Å². The van der Waals surface area contributed by atoms with Gasteiger partial charge in [-0.05, 0) is 35.9 Å². The summed E-state index contributed by atoms with van der Waals surface area (Å²) in [5.41, 5.74) is 2.53. The Morgan fingerprint density at radius 1 is 0.793 bits per heavy atom. The Kier molecular flexibility index (Phi) is 4.76. The summed E-state index contributed by atoms with van der Waals surface area (Å²) < 4.78 is 31.6. The molecule has 1 heterocycles. The first-order valence-electron chi connectivity index (χ1n) is 9.17. The van der Waals surface area contributed by atoms with Crippen molar-refractivity contribution >= 4 is 26.7 Å². The molecule has 0 aliphatic carbocycles. The van der Waals surface area contributed by atoms with Crippen LogP contribution in [0.3, 0.4) is 0 Å². The van der Waals surface area contributed by atoms with E-state index in [9.17, 15) is 13.2 Å². The van der Waals surface area contributed by atoms with Crippen LogP contribution in [0.2, 0.25) is 0 Å². The standard InChI is InChI=1S/C22H21N3O3S/c1-23-20-14-13-19(15-21(20)24(2)22(23)26)29(27,28)25(18-11-7-4-8-12-18)16-17-9-5-3-6-10-17/h3-15H,16H2,1-2H3. The fraction of sp³-hybridized carbons (Fsp3) is 0.136. The highest BCUT2D eigenvalue weighted by Gasteiger charge is 2.26. The van der Waals surface area contributed by atoms with Gasteiger partial charge in [-0.1, -0.05) is 48.5 Å². The lowest BCUT2D eigenvalue weighted by molar-refractivity contribution is 0.590. The van der Waals surface area contributed by atoms with Gasteiger partial charge in [-0.25, -0.2) is 13.2 Å². The van der Waals surface area contributed by atoms with Crippen LogP contribution in [0.1, 0.15) is 5.56 Å². The number of imidazole rings is 1. The van der Waals surface area contributed by atoms with E-state index in [1.807, 2.05) is 48.5 Å². The van der Waals surface area contributed by atoms with Crippen LogP contribution in [-0.2, 0) is 30.7 Å². The van der Waals surface area contributed by atoms with Gasteiger partial charge in [-0.3, -0.25) is 13.4 Å². The predicted octanol–water partition coefficient (Wildman–Crippen LogP) is 3.27. The Bertz CT molecular complexity index is 1320. The number of hydrogen-bond acceptors (Lipinski definition) is 3. The van der Waals surface area contributed by atoms with Gasteiger partial charge in [0.05, 0.1) is 28.2 Å². The number of para-hydroxylation sites is 1. The quantitative estimate of drug-likeness (QED) is 0.510. The molecule has 0 saturated carbocycles. The number of nitrogens with zero attached hydrogens (tertiary/aromatic N) is 3. The number of sulfonamides is 1. The lowest BCUT2D eigenvalue weighted by Gasteiger charge is -2.25. The molecule has 0 aliphatic heterocycles. The van der Waals surface area contributed by atoms with E-state index in [1.54, 1.807) is 44.4 Å². The summed E-state index contributed by atoms with van der Waals surface area (Å²) in [6, 6.07) is 23.3. The summed E-state index contributed by atoms with van der Waals surface area (Å²) in [6.07, 6.45) is 0. The lowest BCUT2D eigenvalue weighted by atomic mass is 10.2. The minimum atomic E-state index is -3.86. The second kappa shape index (κ2) is 7.25. The number of rotatable bonds is 5. The molecule has 0 amide bonds. The van der Waals surface area contributed by atoms with E-state index < -0.39 is 10.0 Å². The molecule has 0 aliphatic rings. The summed E-state index contributed by atoms with van der Waals surface area (Å²) in [4.78, 5) is 12.4. The molecule has 0 radical (unpaired) electrons. The van der Waals surface area contributed by atoms with E-state index in [0.29, 0.717) is 16.7 Å². The van der Waals surface area contributed by atoms with Crippen molar-refractivity contribution in [2.24, 2.45) is 14.1 Å². The maximum atomic E-state index is 13.6. The normalized spacial score (nSPS) is 11.7. The van der Waals surface area contributed by atoms with Crippen molar-refractivity contribution in [3.8, 4) is 0 Å². The third kappa shape index (κ3) is 3.34. The first-order valence-corrected chi connectivity index (χ1v) is 10.6. The molecule has 1 aromatic heterocycles. The monoisotopic (exact) mass is 407 g/mol. The minimum absolute atomic E-state index is 0.144. The van der Waals surface area contributed by atoms with Gasteiger partial charge in [0, 0.05) is 14.1 Å². The van der Waals surface area contributed by atoms with Gasteiger partial charge in [0.2, 0.25) is 0 Å². The summed E-state index contributed by atoms with van der Waals surface area (Å²) in [5.74, 6) is 0. The summed E-state index contributed by atoms with van der Waals surface area (Å²) in [6.45, 7) is 0.207. The maximum absolute atomic E-state index is 13.6. The SMILES string of the molecule is Cn1c(=O)n(C)c2cc(S(=O)(=O)N(Cc3ccccc3)c3ccccc3)ccc21. The van der Waals surface area contributed by atoms with Crippen molar-refractivity contribution in [3.05, 3.63) is 94.9 Å². The highest BCUT2D eigenvalue weighted by atomic mass is 32.2. The molecule has 0 atom stereocenters. The van der Waals surface area contributed by atoms with Gasteiger partial charge in [-0.2, -0.15) is 0 Å². The second-order valence-electron chi connectivity index (χ2n) is 6.88. The molecule has 0 saturated heterocycles. The van der Waals surface area contributed by atoms with Crippen molar-refractivity contribution < 1.29 is 8.42 Å². The van der Waals surface area contributed by atoms with Crippen LogP contribution in [0.25, 0.3) is 11.0 Å². The van der Waals surface area contributed by atoms with Crippen molar-refractivity contribution in [2.45, 2.75) is 11.4 Å². The van der Waals surface area contributed by atoms with E-state index in [-0.39, 0.29) is 17.1 Å². The predicted molar refractivity (Wildman–Crippen MR) is 114 cm³/mol. The third-order valence-corrected chi connectivity index (χ3v) is 6.81. The smallest absolute Gasteiger partial charge is 0.295 e. The first kappa shape index (κ1) is 19.0. The lowest BCUT2D eigenvalue weighted by Crippen LogP contribution is -2.30. The Hall–Kier alpha value is -3.32. The van der Waals surface area contributed by atoms with Crippen LogP contribution in [-0.4, -0.2) is 17.6 Å². The maximum Gasteiger partial charge on any atom is 0.328 e. The fourth-order valence-electron chi connectivity index (χ4n) is 3.43. The minimum Gasteiger partial charge on any atom is -0.295 e. The molecule has 7 heteroatoms. The van der Waals surface area contributed by atoms with E-state index in [0.717, 1.165) is 5.56 Å². The van der Waals surface area contributed by atoms with Crippen LogP contribution in [0.4, 0.5) is 5.69 Å². The first-order chi connectivity index (χ1) is 13.9. The molecular weight excluding hydrogens is 386 g/mol. The molecule has 0 bridgehead atoms. The Labute approximate surface area is 169 Å². The molecule has 0 fully saturated rings. The van der Waals surface area contributed by atoms with Gasteiger partial charge in [0.15, 0.2) is 0 Å². The average molecular weight is 407 g/mol. The number of hydrogen-bond donors (Lipinski definition) is 0. The zero-order valence-electron chi connectivity index (χ0n) is 16.2. The summed E-state index contributed by atoms with van der Waals surface area (Å²) >= 11 is 0. The molecule has 4 rings (SSSR count). The Balaban J connectivity index is 1.86. The van der Waals surface area contributed by atoms with Gasteiger partial charge in [-0.15, -0.1) is 0 Å². The van der Waals surface area contributed by atoms with E-state index in [1.165, 1.54) is 13.4 Å². The third-order valence-electron chi connectivity index (χ3n) is 5.04. The largest absolute Gasteiger partial charge is 0.328 e. The number of aromatic nitrogens is 2. The zero-order valence-corrected chi connectivity index (χ0v) is 17.0. The number of benzene rings is 3. The van der Waals surface area contributed by atoms with Crippen molar-refractivity contribution in [3.63, 3.8) is 0 Å². The Morgan fingerprint density at radius 2 is 1.38 bits per heavy atom. The highest BCUT2D eigenvalue weighted by Crippen LogP contribution is 2.27. The van der Waals surface area contributed by atoms with Crippen molar-refractivity contribution in [1.82, 2.24) is 9.13 Å². The molecule has 0 unspecified atom stereocenters. The zero-order chi connectivity index (χ0) is 20.6.